The monoisotopic (exact) mass is 499 g/mol. The first-order valence-corrected chi connectivity index (χ1v) is 13.5. The summed E-state index contributed by atoms with van der Waals surface area (Å²) in [6.45, 7) is 5.35. The maximum Gasteiger partial charge on any atom is 0.243 e. The van der Waals surface area contributed by atoms with E-state index in [0.29, 0.717) is 32.0 Å². The van der Waals surface area contributed by atoms with E-state index in [9.17, 15) is 13.2 Å². The van der Waals surface area contributed by atoms with Gasteiger partial charge in [-0.15, -0.1) is 11.3 Å². The van der Waals surface area contributed by atoms with Crippen molar-refractivity contribution in [3.63, 3.8) is 0 Å². The molecule has 9 heteroatoms. The van der Waals surface area contributed by atoms with Crippen LogP contribution in [-0.2, 0) is 19.6 Å². The van der Waals surface area contributed by atoms with Crippen molar-refractivity contribution in [3.8, 4) is 0 Å². The Hall–Kier alpha value is -2.56. The quantitative estimate of drug-likeness (QED) is 0.493. The van der Waals surface area contributed by atoms with Crippen molar-refractivity contribution < 1.29 is 17.9 Å². The molecule has 0 radical (unpaired) electrons. The molecular weight excluding hydrogens is 470 g/mol. The number of hydrogen-bond donors (Lipinski definition) is 2. The number of sulfonamides is 1. The summed E-state index contributed by atoms with van der Waals surface area (Å²) in [7, 11) is -3.57. The molecule has 0 unspecified atom stereocenters. The van der Waals surface area contributed by atoms with Crippen LogP contribution in [0.1, 0.15) is 29.0 Å². The summed E-state index contributed by atoms with van der Waals surface area (Å²) in [5, 5.41) is 8.35. The van der Waals surface area contributed by atoms with Crippen LogP contribution in [-0.4, -0.2) is 51.0 Å². The van der Waals surface area contributed by atoms with Crippen LogP contribution in [0.3, 0.4) is 0 Å². The van der Waals surface area contributed by atoms with E-state index in [0.717, 1.165) is 10.4 Å². The molecule has 2 atom stereocenters. The molecule has 0 bridgehead atoms. The van der Waals surface area contributed by atoms with E-state index in [1.54, 1.807) is 23.5 Å². The van der Waals surface area contributed by atoms with Gasteiger partial charge in [-0.2, -0.15) is 4.31 Å². The van der Waals surface area contributed by atoms with Crippen LogP contribution in [0.5, 0.6) is 0 Å². The first-order valence-electron chi connectivity index (χ1n) is 11.2. The van der Waals surface area contributed by atoms with E-state index >= 15 is 0 Å². The Labute approximate surface area is 204 Å². The Morgan fingerprint density at radius 1 is 1.03 bits per heavy atom. The minimum absolute atomic E-state index is 0.109. The minimum Gasteiger partial charge on any atom is -0.379 e. The number of amides is 1. The maximum atomic E-state index is 12.9. The Bertz CT molecular complexity index is 1190. The fraction of sp³-hybridized carbons (Fsp3) is 0.320. The van der Waals surface area contributed by atoms with Gasteiger partial charge in [0.1, 0.15) is 0 Å². The fourth-order valence-corrected chi connectivity index (χ4v) is 6.00. The molecule has 3 aromatic rings. The highest BCUT2D eigenvalue weighted by molar-refractivity contribution is 7.89. The highest BCUT2D eigenvalue weighted by atomic mass is 32.2. The number of benzene rings is 2. The highest BCUT2D eigenvalue weighted by Gasteiger charge is 2.26. The van der Waals surface area contributed by atoms with Crippen LogP contribution >= 0.6 is 11.3 Å². The SMILES string of the molecule is Cc1ccc([C@H](N[C@@H](C)C(=O)Nc2ccc(S(=O)(=O)N3CCOCC3)cc2)c2cccs2)cc1. The lowest BCUT2D eigenvalue weighted by Gasteiger charge is -2.26. The van der Waals surface area contributed by atoms with E-state index in [2.05, 4.69) is 41.0 Å². The third-order valence-corrected chi connectivity index (χ3v) is 8.63. The number of aryl methyl sites for hydroxylation is 1. The van der Waals surface area contributed by atoms with Gasteiger partial charge in [0.25, 0.3) is 0 Å². The van der Waals surface area contributed by atoms with Crippen molar-refractivity contribution in [2.45, 2.75) is 30.8 Å². The molecule has 4 rings (SSSR count). The molecule has 1 aliphatic rings. The summed E-state index contributed by atoms with van der Waals surface area (Å²) in [4.78, 5) is 14.3. The number of carbonyl (C=O) groups excluding carboxylic acids is 1. The third-order valence-electron chi connectivity index (χ3n) is 5.78. The average molecular weight is 500 g/mol. The lowest BCUT2D eigenvalue weighted by molar-refractivity contribution is -0.117. The predicted octanol–water partition coefficient (Wildman–Crippen LogP) is 3.78. The normalized spacial score (nSPS) is 16.6. The van der Waals surface area contributed by atoms with Gasteiger partial charge >= 0.3 is 0 Å². The number of thiophene rings is 1. The van der Waals surface area contributed by atoms with E-state index in [1.165, 1.54) is 22.0 Å². The topological polar surface area (TPSA) is 87.7 Å². The smallest absolute Gasteiger partial charge is 0.243 e. The Balaban J connectivity index is 1.43. The van der Waals surface area contributed by atoms with Gasteiger partial charge in [0.05, 0.1) is 30.2 Å². The fourth-order valence-electron chi connectivity index (χ4n) is 3.78. The molecule has 0 spiro atoms. The van der Waals surface area contributed by atoms with E-state index in [4.69, 9.17) is 4.74 Å². The molecule has 0 aliphatic carbocycles. The van der Waals surface area contributed by atoms with Crippen LogP contribution in [0.25, 0.3) is 0 Å². The lowest BCUT2D eigenvalue weighted by Crippen LogP contribution is -2.40. The molecule has 0 saturated carbocycles. The van der Waals surface area contributed by atoms with Gasteiger partial charge in [0, 0.05) is 23.7 Å². The molecule has 2 heterocycles. The molecule has 34 heavy (non-hydrogen) atoms. The summed E-state index contributed by atoms with van der Waals surface area (Å²) >= 11 is 1.64. The lowest BCUT2D eigenvalue weighted by atomic mass is 10.0. The van der Waals surface area contributed by atoms with Gasteiger partial charge in [-0.3, -0.25) is 10.1 Å². The zero-order valence-electron chi connectivity index (χ0n) is 19.2. The summed E-state index contributed by atoms with van der Waals surface area (Å²) in [5.41, 5.74) is 2.81. The van der Waals surface area contributed by atoms with Gasteiger partial charge in [-0.1, -0.05) is 35.9 Å². The molecule has 180 valence electrons. The molecule has 2 aromatic carbocycles. The van der Waals surface area contributed by atoms with Gasteiger partial charge in [0.2, 0.25) is 15.9 Å². The number of morpholine rings is 1. The molecule has 1 aromatic heterocycles. The zero-order valence-corrected chi connectivity index (χ0v) is 20.9. The summed E-state index contributed by atoms with van der Waals surface area (Å²) in [5.74, 6) is -0.197. The second-order valence-corrected chi connectivity index (χ2v) is 11.2. The number of carbonyl (C=O) groups is 1. The first-order chi connectivity index (χ1) is 16.3. The van der Waals surface area contributed by atoms with Gasteiger partial charge < -0.3 is 10.1 Å². The molecule has 7 nitrogen and oxygen atoms in total. The van der Waals surface area contributed by atoms with E-state index in [1.807, 2.05) is 25.3 Å². The predicted molar refractivity (Wildman–Crippen MR) is 135 cm³/mol. The summed E-state index contributed by atoms with van der Waals surface area (Å²) < 4.78 is 32.2. The highest BCUT2D eigenvalue weighted by Crippen LogP contribution is 2.27. The van der Waals surface area contributed by atoms with Crippen molar-refractivity contribution in [1.29, 1.82) is 0 Å². The summed E-state index contributed by atoms with van der Waals surface area (Å²) in [6.07, 6.45) is 0. The third kappa shape index (κ3) is 5.73. The molecule has 1 amide bonds. The van der Waals surface area contributed by atoms with Gasteiger partial charge in [0.15, 0.2) is 0 Å². The van der Waals surface area contributed by atoms with Crippen LogP contribution in [0.4, 0.5) is 5.69 Å². The van der Waals surface area contributed by atoms with Crippen molar-refractivity contribution >= 4 is 33.0 Å². The number of anilines is 1. The molecule has 2 N–H and O–H groups in total. The first kappa shape index (κ1) is 24.6. The van der Waals surface area contributed by atoms with Crippen molar-refractivity contribution in [2.75, 3.05) is 31.6 Å². The molecular formula is C25H29N3O4S2. The van der Waals surface area contributed by atoms with Crippen molar-refractivity contribution in [3.05, 3.63) is 82.0 Å². The molecule has 1 fully saturated rings. The molecule has 1 aliphatic heterocycles. The number of nitrogens with zero attached hydrogens (tertiary/aromatic N) is 1. The van der Waals surface area contributed by atoms with Crippen LogP contribution in [0.15, 0.2) is 70.9 Å². The Kier molecular flexibility index (Phi) is 7.80. The van der Waals surface area contributed by atoms with Gasteiger partial charge in [-0.25, -0.2) is 8.42 Å². The average Bonchev–Trinajstić information content (AvgIpc) is 3.38. The van der Waals surface area contributed by atoms with E-state index in [-0.39, 0.29) is 16.8 Å². The largest absolute Gasteiger partial charge is 0.379 e. The minimum atomic E-state index is -3.57. The van der Waals surface area contributed by atoms with E-state index < -0.39 is 16.1 Å². The molecule has 1 saturated heterocycles. The van der Waals surface area contributed by atoms with Crippen molar-refractivity contribution in [2.24, 2.45) is 0 Å². The van der Waals surface area contributed by atoms with Gasteiger partial charge in [-0.05, 0) is 55.1 Å². The number of rotatable bonds is 8. The van der Waals surface area contributed by atoms with Crippen LogP contribution in [0, 0.1) is 6.92 Å². The maximum absolute atomic E-state index is 12.9. The standard InChI is InChI=1S/C25H29N3O4S2/c1-18-5-7-20(8-6-18)24(23-4-3-17-33-23)26-19(2)25(29)27-21-9-11-22(12-10-21)34(30,31)28-13-15-32-16-14-28/h3-12,17,19,24,26H,13-16H2,1-2H3,(H,27,29)/t19-,24-/m0/s1. The zero-order chi connectivity index (χ0) is 24.1. The van der Waals surface area contributed by atoms with Crippen molar-refractivity contribution in [1.82, 2.24) is 9.62 Å². The number of nitrogens with one attached hydrogen (secondary N) is 2. The number of hydrogen-bond acceptors (Lipinski definition) is 6. The Morgan fingerprint density at radius 2 is 1.71 bits per heavy atom. The Morgan fingerprint density at radius 3 is 2.32 bits per heavy atom. The summed E-state index contributed by atoms with van der Waals surface area (Å²) in [6, 6.07) is 18.0. The number of ether oxygens (including phenoxy) is 1. The van der Waals surface area contributed by atoms with Crippen LogP contribution < -0.4 is 10.6 Å². The second-order valence-electron chi connectivity index (χ2n) is 8.28. The second kappa shape index (κ2) is 10.8. The van der Waals surface area contributed by atoms with Crippen LogP contribution in [0.2, 0.25) is 0 Å².